The van der Waals surface area contributed by atoms with Gasteiger partial charge < -0.3 is 14.5 Å². The molecule has 32 heavy (non-hydrogen) atoms. The van der Waals surface area contributed by atoms with Gasteiger partial charge in [0.05, 0.1) is 25.5 Å². The molecule has 1 aliphatic carbocycles. The smallest absolute Gasteiger partial charge is 0.271 e. The molecule has 1 aromatic carbocycles. The lowest BCUT2D eigenvalue weighted by atomic mass is 10.1. The zero-order valence-corrected chi connectivity index (χ0v) is 18.4. The van der Waals surface area contributed by atoms with Crippen LogP contribution in [0.25, 0.3) is 5.65 Å². The van der Waals surface area contributed by atoms with Crippen LogP contribution in [-0.4, -0.2) is 31.8 Å². The largest absolute Gasteiger partial charge is 0.494 e. The molecule has 0 radical (unpaired) electrons. The molecule has 0 saturated heterocycles. The van der Waals surface area contributed by atoms with Gasteiger partial charge in [-0.3, -0.25) is 14.2 Å². The average molecular weight is 438 g/mol. The van der Waals surface area contributed by atoms with Crippen molar-refractivity contribution in [1.29, 1.82) is 0 Å². The molecular formula is C24H28FN5O2. The third kappa shape index (κ3) is 3.66. The molecule has 5 rings (SSSR count). The van der Waals surface area contributed by atoms with Crippen LogP contribution in [0.2, 0.25) is 0 Å². The number of nitrogens with zero attached hydrogens (tertiary/aromatic N) is 4. The highest BCUT2D eigenvalue weighted by Gasteiger charge is 2.24. The Hall–Kier alpha value is -3.55. The Morgan fingerprint density at radius 3 is 2.78 bits per heavy atom. The summed E-state index contributed by atoms with van der Waals surface area (Å²) < 4.78 is 25.4. The number of carbonyl (C=O) groups excluding carboxylic acids is 1. The summed E-state index contributed by atoms with van der Waals surface area (Å²) in [6.07, 6.45) is 8.43. The van der Waals surface area contributed by atoms with Gasteiger partial charge in [0.15, 0.2) is 11.6 Å². The van der Waals surface area contributed by atoms with Gasteiger partial charge in [0.2, 0.25) is 0 Å². The number of amides is 1. The van der Waals surface area contributed by atoms with Gasteiger partial charge in [-0.25, -0.2) is 9.37 Å². The maximum absolute atomic E-state index is 14.6. The van der Waals surface area contributed by atoms with E-state index >= 15 is 0 Å². The third-order valence-corrected chi connectivity index (χ3v) is 6.17. The van der Waals surface area contributed by atoms with Gasteiger partial charge >= 0.3 is 0 Å². The molecule has 1 amide bonds. The summed E-state index contributed by atoms with van der Waals surface area (Å²) in [5.41, 5.74) is 4.82. The van der Waals surface area contributed by atoms with Gasteiger partial charge in [-0.2, -0.15) is 0 Å². The fourth-order valence-electron chi connectivity index (χ4n) is 4.08. The second-order valence-corrected chi connectivity index (χ2v) is 8.44. The number of hydrogen-bond donors (Lipinski definition) is 1. The van der Waals surface area contributed by atoms with E-state index in [0.29, 0.717) is 23.7 Å². The van der Waals surface area contributed by atoms with Crippen LogP contribution in [0.5, 0.6) is 5.75 Å². The van der Waals surface area contributed by atoms with Gasteiger partial charge in [0, 0.05) is 33.0 Å². The van der Waals surface area contributed by atoms with E-state index in [1.165, 1.54) is 25.5 Å². The quantitative estimate of drug-likeness (QED) is 0.475. The lowest BCUT2D eigenvalue weighted by molar-refractivity contribution is 0.0928. The minimum absolute atomic E-state index is 0. The van der Waals surface area contributed by atoms with Crippen molar-refractivity contribution < 1.29 is 15.3 Å². The molecule has 0 bridgehead atoms. The number of ether oxygens (including phenoxy) is 1. The van der Waals surface area contributed by atoms with Crippen LogP contribution in [0.3, 0.4) is 0 Å². The van der Waals surface area contributed by atoms with E-state index in [9.17, 15) is 9.18 Å². The number of halogens is 1. The van der Waals surface area contributed by atoms with Gasteiger partial charge in [-0.1, -0.05) is 12.1 Å². The van der Waals surface area contributed by atoms with E-state index in [1.54, 1.807) is 18.3 Å². The summed E-state index contributed by atoms with van der Waals surface area (Å²) in [5, 5.41) is 2.83. The molecule has 168 valence electrons. The van der Waals surface area contributed by atoms with Crippen molar-refractivity contribution in [2.75, 3.05) is 7.11 Å². The molecule has 3 aromatic heterocycles. The predicted molar refractivity (Wildman–Crippen MR) is 121 cm³/mol. The van der Waals surface area contributed by atoms with Crippen molar-refractivity contribution in [1.82, 2.24) is 24.1 Å². The van der Waals surface area contributed by atoms with Crippen molar-refractivity contribution >= 4 is 11.6 Å². The first-order valence-electron chi connectivity index (χ1n) is 10.7. The number of pyridine rings is 1. The van der Waals surface area contributed by atoms with Crippen molar-refractivity contribution in [2.24, 2.45) is 7.05 Å². The Balaban J connectivity index is 0.00000259. The molecule has 0 spiro atoms. The number of carbonyl (C=O) groups is 1. The number of hydrogen-bond acceptors (Lipinski definition) is 3. The number of nitrogens with one attached hydrogen (secondary N) is 1. The SMILES string of the molecule is COc1ccc(C)c(CNC(=O)c2cn(C)n2Cc2cn3cc(C4CC4)ccc3n2)c1F.[HH]. The topological polar surface area (TPSA) is 65.5 Å². The second kappa shape index (κ2) is 7.85. The molecule has 8 heteroatoms. The van der Waals surface area contributed by atoms with Gasteiger partial charge in [0.1, 0.15) is 11.3 Å². The number of aromatic nitrogens is 4. The molecule has 1 saturated carbocycles. The van der Waals surface area contributed by atoms with E-state index in [0.717, 1.165) is 16.9 Å². The van der Waals surface area contributed by atoms with Crippen molar-refractivity contribution in [2.45, 2.75) is 38.8 Å². The fourth-order valence-corrected chi connectivity index (χ4v) is 4.08. The Bertz CT molecular complexity index is 1320. The predicted octanol–water partition coefficient (Wildman–Crippen LogP) is 4.03. The summed E-state index contributed by atoms with van der Waals surface area (Å²) in [5.74, 6) is 0.146. The van der Waals surface area contributed by atoms with Crippen LogP contribution in [0.1, 0.15) is 53.1 Å². The Kier molecular flexibility index (Phi) is 5.00. The zero-order valence-electron chi connectivity index (χ0n) is 18.4. The number of rotatable bonds is 7. The molecule has 1 fully saturated rings. The summed E-state index contributed by atoms with van der Waals surface area (Å²) >= 11 is 0. The van der Waals surface area contributed by atoms with E-state index in [1.807, 2.05) is 35.6 Å². The van der Waals surface area contributed by atoms with Crippen LogP contribution >= 0.6 is 0 Å². The standard InChI is InChI=1S/C24H26FN5O2.H2/c1-15-4-8-21(32-3)23(25)19(15)10-26-24(31)20-14-28(2)30(20)13-18-12-29-11-17(16-5-6-16)7-9-22(29)27-18;/h4,7-9,11-12,14,16H,5-6,10,13H2,1-3H3,(H,26,31);1H. The maximum atomic E-state index is 14.6. The second-order valence-electron chi connectivity index (χ2n) is 8.44. The summed E-state index contributed by atoms with van der Waals surface area (Å²) in [6, 6.07) is 7.57. The molecule has 1 aliphatic rings. The number of benzene rings is 1. The maximum Gasteiger partial charge on any atom is 0.271 e. The Morgan fingerprint density at radius 2 is 2.06 bits per heavy atom. The zero-order chi connectivity index (χ0) is 22.4. The molecule has 0 aliphatic heterocycles. The first-order chi connectivity index (χ1) is 15.4. The Labute approximate surface area is 186 Å². The van der Waals surface area contributed by atoms with E-state index in [4.69, 9.17) is 9.72 Å². The molecule has 4 aromatic rings. The van der Waals surface area contributed by atoms with Crippen LogP contribution in [0, 0.1) is 12.7 Å². The van der Waals surface area contributed by atoms with E-state index < -0.39 is 5.82 Å². The van der Waals surface area contributed by atoms with Gasteiger partial charge in [-0.15, -0.1) is 0 Å². The number of methoxy groups -OCH3 is 1. The lowest BCUT2D eigenvalue weighted by Gasteiger charge is -2.22. The summed E-state index contributed by atoms with van der Waals surface area (Å²) in [7, 11) is 3.30. The minimum Gasteiger partial charge on any atom is -0.494 e. The van der Waals surface area contributed by atoms with Crippen LogP contribution in [0.4, 0.5) is 4.39 Å². The summed E-state index contributed by atoms with van der Waals surface area (Å²) in [6.45, 7) is 2.37. The molecule has 3 heterocycles. The normalized spacial score (nSPS) is 13.6. The van der Waals surface area contributed by atoms with Gasteiger partial charge in [0.25, 0.3) is 5.91 Å². The molecule has 1 N–H and O–H groups in total. The number of imidazole rings is 1. The van der Waals surface area contributed by atoms with Crippen LogP contribution < -0.4 is 10.1 Å². The summed E-state index contributed by atoms with van der Waals surface area (Å²) in [4.78, 5) is 17.5. The Morgan fingerprint density at radius 1 is 1.25 bits per heavy atom. The molecule has 0 unspecified atom stereocenters. The molecule has 0 atom stereocenters. The minimum atomic E-state index is -0.445. The fraction of sp³-hybridized carbons (Fsp3) is 0.333. The monoisotopic (exact) mass is 437 g/mol. The van der Waals surface area contributed by atoms with Crippen LogP contribution in [0.15, 0.2) is 42.9 Å². The number of aryl methyl sites for hydroxylation is 2. The van der Waals surface area contributed by atoms with E-state index in [-0.39, 0.29) is 19.6 Å². The average Bonchev–Trinajstić information content (AvgIpc) is 3.55. The lowest BCUT2D eigenvalue weighted by Crippen LogP contribution is -2.34. The first kappa shape index (κ1) is 20.4. The van der Waals surface area contributed by atoms with Gasteiger partial charge in [-0.05, 0) is 48.9 Å². The third-order valence-electron chi connectivity index (χ3n) is 6.17. The first-order valence-corrected chi connectivity index (χ1v) is 10.7. The molecule has 7 nitrogen and oxygen atoms in total. The highest BCUT2D eigenvalue weighted by Crippen LogP contribution is 2.39. The highest BCUT2D eigenvalue weighted by atomic mass is 19.1. The van der Waals surface area contributed by atoms with Crippen molar-refractivity contribution in [3.8, 4) is 5.75 Å². The van der Waals surface area contributed by atoms with Crippen LogP contribution in [-0.2, 0) is 20.1 Å². The van der Waals surface area contributed by atoms with Crippen molar-refractivity contribution in [3.63, 3.8) is 0 Å². The van der Waals surface area contributed by atoms with E-state index in [2.05, 4.69) is 22.0 Å². The van der Waals surface area contributed by atoms with Crippen molar-refractivity contribution in [3.05, 3.63) is 76.8 Å². The highest BCUT2D eigenvalue weighted by molar-refractivity contribution is 5.92. The number of fused-ring (bicyclic) bond motifs is 1. The molecular weight excluding hydrogens is 409 g/mol.